The summed E-state index contributed by atoms with van der Waals surface area (Å²) in [6.07, 6.45) is 1.06. The number of unbranched alkanes of at least 4 members (excludes halogenated alkanes) is 1. The average Bonchev–Trinajstić information content (AvgIpc) is 3.21. The van der Waals surface area contributed by atoms with Gasteiger partial charge in [-0.05, 0) is 63.5 Å². The number of carbonyl (C=O) groups excluding carboxylic acids is 7. The Morgan fingerprint density at radius 3 is 1.54 bits per heavy atom. The fraction of sp³-hybridized carbons (Fsp3) is 0.605. The van der Waals surface area contributed by atoms with Gasteiger partial charge in [-0.1, -0.05) is 44.2 Å². The fourth-order valence-corrected chi connectivity index (χ4v) is 5.70. The van der Waals surface area contributed by atoms with Crippen molar-refractivity contribution in [1.82, 2.24) is 37.2 Å². The number of aliphatic imine (C=N–C) groups is 1. The average molecular weight is 865 g/mol. The molecule has 0 aliphatic rings. The highest BCUT2D eigenvalue weighted by atomic mass is 16.4. The summed E-state index contributed by atoms with van der Waals surface area (Å²) >= 11 is 0. The lowest BCUT2D eigenvalue weighted by atomic mass is 10.0. The van der Waals surface area contributed by atoms with Crippen molar-refractivity contribution < 1.29 is 53.7 Å². The molecule has 7 amide bonds. The number of nitrogens with one attached hydrogen (secondary N) is 7. The van der Waals surface area contributed by atoms with Gasteiger partial charge in [-0.15, -0.1) is 0 Å². The molecule has 7 atom stereocenters. The second kappa shape index (κ2) is 28.5. The van der Waals surface area contributed by atoms with Crippen LogP contribution < -0.4 is 60.2 Å². The number of hydrogen-bond donors (Lipinski definition) is 14. The molecule has 342 valence electrons. The van der Waals surface area contributed by atoms with E-state index in [1.165, 1.54) is 6.92 Å². The largest absolute Gasteiger partial charge is 0.480 e. The van der Waals surface area contributed by atoms with Crippen LogP contribution in [-0.4, -0.2) is 144 Å². The Balaban J connectivity index is 3.27. The van der Waals surface area contributed by atoms with Crippen molar-refractivity contribution in [2.24, 2.45) is 33.8 Å². The number of aliphatic carboxylic acids is 1. The van der Waals surface area contributed by atoms with Crippen LogP contribution in [0.25, 0.3) is 0 Å². The molecule has 0 heterocycles. The molecule has 7 unspecified atom stereocenters. The van der Waals surface area contributed by atoms with Gasteiger partial charge in [0.25, 0.3) is 0 Å². The number of nitrogens with zero attached hydrogens (tertiary/aromatic N) is 1. The molecule has 61 heavy (non-hydrogen) atoms. The molecule has 0 aliphatic carbocycles. The van der Waals surface area contributed by atoms with E-state index in [-0.39, 0.29) is 57.1 Å². The lowest BCUT2D eigenvalue weighted by Gasteiger charge is -2.27. The zero-order valence-electron chi connectivity index (χ0n) is 34.9. The van der Waals surface area contributed by atoms with Crippen molar-refractivity contribution in [3.63, 3.8) is 0 Å². The highest BCUT2D eigenvalue weighted by molar-refractivity contribution is 5.97. The summed E-state index contributed by atoms with van der Waals surface area (Å²) in [6, 6.07) is -1.29. The van der Waals surface area contributed by atoms with Gasteiger partial charge < -0.3 is 75.5 Å². The van der Waals surface area contributed by atoms with Crippen LogP contribution in [-0.2, 0) is 44.8 Å². The first kappa shape index (κ1) is 53.1. The number of amides is 7. The first-order valence-electron chi connectivity index (χ1n) is 19.9. The van der Waals surface area contributed by atoms with Crippen molar-refractivity contribution in [3.8, 4) is 0 Å². The van der Waals surface area contributed by atoms with Crippen LogP contribution in [0, 0.1) is 5.92 Å². The number of carbonyl (C=O) groups is 8. The summed E-state index contributed by atoms with van der Waals surface area (Å²) in [5, 5.41) is 46.8. The Labute approximate surface area is 354 Å². The van der Waals surface area contributed by atoms with Crippen LogP contribution in [0.1, 0.15) is 64.9 Å². The molecular weight excluding hydrogens is 800 g/mol. The normalized spacial score (nSPS) is 14.4. The van der Waals surface area contributed by atoms with Crippen molar-refractivity contribution in [1.29, 1.82) is 0 Å². The first-order valence-corrected chi connectivity index (χ1v) is 19.9. The van der Waals surface area contributed by atoms with E-state index < -0.39 is 103 Å². The molecule has 0 spiro atoms. The van der Waals surface area contributed by atoms with Gasteiger partial charge in [0, 0.05) is 13.0 Å². The van der Waals surface area contributed by atoms with Gasteiger partial charge in [-0.3, -0.25) is 38.6 Å². The lowest BCUT2D eigenvalue weighted by Crippen LogP contribution is -2.61. The Morgan fingerprint density at radius 1 is 0.607 bits per heavy atom. The van der Waals surface area contributed by atoms with E-state index in [4.69, 9.17) is 22.9 Å². The third-order valence-corrected chi connectivity index (χ3v) is 8.98. The summed E-state index contributed by atoms with van der Waals surface area (Å²) in [5.74, 6) is -7.73. The summed E-state index contributed by atoms with van der Waals surface area (Å²) in [4.78, 5) is 108. The monoisotopic (exact) mass is 864 g/mol. The van der Waals surface area contributed by atoms with Gasteiger partial charge in [0.05, 0.1) is 19.8 Å². The number of rotatable bonds is 29. The lowest BCUT2D eigenvalue weighted by molar-refractivity contribution is -0.143. The summed E-state index contributed by atoms with van der Waals surface area (Å²) in [5.41, 5.74) is 22.3. The van der Waals surface area contributed by atoms with E-state index in [1.54, 1.807) is 44.2 Å². The van der Waals surface area contributed by atoms with Crippen LogP contribution in [0.3, 0.4) is 0 Å². The summed E-state index contributed by atoms with van der Waals surface area (Å²) < 4.78 is 0. The SMILES string of the molecule is CC(C)CC(NC(=O)C(CCCN=C(N)N)NC(=O)C(CO)NC(=O)C(CO)NC(=O)C(Cc1ccccc1)NC(=O)C(CCCCN)NC(=O)C(C)NC(=O)CN)C(=O)O. The van der Waals surface area contributed by atoms with Crippen molar-refractivity contribution >= 4 is 53.3 Å². The highest BCUT2D eigenvalue weighted by Crippen LogP contribution is 2.09. The zero-order chi connectivity index (χ0) is 46.1. The molecule has 0 aliphatic heterocycles. The van der Waals surface area contributed by atoms with E-state index in [1.807, 2.05) is 0 Å². The molecule has 1 aromatic carbocycles. The van der Waals surface area contributed by atoms with E-state index in [0.717, 1.165) is 0 Å². The molecule has 1 aromatic rings. The second-order valence-electron chi connectivity index (χ2n) is 14.6. The smallest absolute Gasteiger partial charge is 0.326 e. The molecule has 0 radical (unpaired) electrons. The molecule has 0 saturated carbocycles. The van der Waals surface area contributed by atoms with Crippen LogP contribution in [0.15, 0.2) is 35.3 Å². The van der Waals surface area contributed by atoms with Gasteiger partial charge in [0.2, 0.25) is 41.4 Å². The predicted octanol–water partition coefficient (Wildman–Crippen LogP) is -5.10. The molecule has 1 rings (SSSR count). The van der Waals surface area contributed by atoms with Crippen molar-refractivity contribution in [3.05, 3.63) is 35.9 Å². The molecule has 23 heteroatoms. The molecular formula is C38H64N12O11. The minimum Gasteiger partial charge on any atom is -0.480 e. The molecule has 0 bridgehead atoms. The Kier molecular flexibility index (Phi) is 24.8. The van der Waals surface area contributed by atoms with Crippen molar-refractivity contribution in [2.45, 2.75) is 108 Å². The van der Waals surface area contributed by atoms with Crippen LogP contribution in [0.5, 0.6) is 0 Å². The van der Waals surface area contributed by atoms with Gasteiger partial charge in [0.15, 0.2) is 5.96 Å². The van der Waals surface area contributed by atoms with Gasteiger partial charge in [-0.25, -0.2) is 4.79 Å². The maximum absolute atomic E-state index is 13.8. The van der Waals surface area contributed by atoms with E-state index in [9.17, 15) is 53.7 Å². The first-order chi connectivity index (χ1) is 28.9. The third kappa shape index (κ3) is 20.8. The van der Waals surface area contributed by atoms with Gasteiger partial charge in [-0.2, -0.15) is 0 Å². The molecule has 0 fully saturated rings. The molecule has 23 nitrogen and oxygen atoms in total. The molecule has 0 aromatic heterocycles. The maximum Gasteiger partial charge on any atom is 0.326 e. The summed E-state index contributed by atoms with van der Waals surface area (Å²) in [7, 11) is 0. The topological polar surface area (TPSA) is 398 Å². The molecule has 18 N–H and O–H groups in total. The van der Waals surface area contributed by atoms with E-state index >= 15 is 0 Å². The maximum atomic E-state index is 13.8. The van der Waals surface area contributed by atoms with E-state index in [2.05, 4.69) is 42.2 Å². The number of benzene rings is 1. The van der Waals surface area contributed by atoms with Gasteiger partial charge in [0.1, 0.15) is 42.3 Å². The van der Waals surface area contributed by atoms with Crippen LogP contribution in [0.2, 0.25) is 0 Å². The standard InChI is InChI=1S/C38H64N12O11/c1-21(2)16-27(37(60)61)48-33(56)25(13-9-15-43-38(41)42)46-35(58)28(19-51)50-36(59)29(20-52)49-34(57)26(17-23-10-5-4-6-11-23)47-32(55)24(12-7-8-14-39)45-31(54)22(3)44-30(53)18-40/h4-6,10-11,21-22,24-29,51-52H,7-9,12-20,39-40H2,1-3H3,(H,44,53)(H,45,54)(H,46,58)(H,47,55)(H,48,56)(H,49,57)(H,50,59)(H,60,61)(H4,41,42,43). The Bertz CT molecular complexity index is 1630. The Hall–Kier alpha value is -5.91. The number of hydrogen-bond acceptors (Lipinski definition) is 13. The molecule has 0 saturated heterocycles. The number of aliphatic hydroxyl groups excluding tert-OH is 2. The number of carboxylic acids is 1. The third-order valence-electron chi connectivity index (χ3n) is 8.98. The number of nitrogens with two attached hydrogens (primary N) is 4. The van der Waals surface area contributed by atoms with Crippen LogP contribution >= 0.6 is 0 Å². The predicted molar refractivity (Wildman–Crippen MR) is 222 cm³/mol. The quantitative estimate of drug-likeness (QED) is 0.0204. The number of guanidine groups is 1. The number of aliphatic hydroxyl groups is 2. The highest BCUT2D eigenvalue weighted by Gasteiger charge is 2.33. The minimum absolute atomic E-state index is 0.0533. The fourth-order valence-electron chi connectivity index (χ4n) is 5.70. The summed E-state index contributed by atoms with van der Waals surface area (Å²) in [6.45, 7) is 2.89. The Morgan fingerprint density at radius 2 is 1.07 bits per heavy atom. The zero-order valence-corrected chi connectivity index (χ0v) is 34.9. The van der Waals surface area contributed by atoms with Gasteiger partial charge >= 0.3 is 5.97 Å². The number of carboxylic acid groups (broad SMARTS) is 1. The van der Waals surface area contributed by atoms with Crippen LogP contribution in [0.4, 0.5) is 0 Å². The van der Waals surface area contributed by atoms with E-state index in [0.29, 0.717) is 24.9 Å². The van der Waals surface area contributed by atoms with Crippen molar-refractivity contribution in [2.75, 3.05) is 32.8 Å². The second-order valence-corrected chi connectivity index (χ2v) is 14.6. The minimum atomic E-state index is -1.73.